The summed E-state index contributed by atoms with van der Waals surface area (Å²) in [5, 5.41) is 0. The van der Waals surface area contributed by atoms with Crippen LogP contribution in [0.4, 0.5) is 4.39 Å². The monoisotopic (exact) mass is 162 g/mol. The molecule has 1 aliphatic heterocycles. The average molecular weight is 162 g/mol. The Morgan fingerprint density at radius 2 is 2.55 bits per heavy atom. The number of nitrogens with zero attached hydrogens (tertiary/aromatic N) is 1. The minimum atomic E-state index is -0.621. The van der Waals surface area contributed by atoms with E-state index in [1.54, 1.807) is 7.05 Å². The predicted octanol–water partition coefficient (Wildman–Crippen LogP) is 0.181. The van der Waals surface area contributed by atoms with Gasteiger partial charge in [0, 0.05) is 26.7 Å². The van der Waals surface area contributed by atoms with Crippen LogP contribution in [0.2, 0.25) is 0 Å². The molecule has 4 heteroatoms. The first-order chi connectivity index (χ1) is 5.33. The van der Waals surface area contributed by atoms with E-state index in [9.17, 15) is 4.39 Å². The average Bonchev–Trinajstić information content (AvgIpc) is 2.37. The second-order valence-corrected chi connectivity index (χ2v) is 2.74. The Morgan fingerprint density at radius 3 is 3.09 bits per heavy atom. The van der Waals surface area contributed by atoms with Gasteiger partial charge in [0.25, 0.3) is 0 Å². The van der Waals surface area contributed by atoms with E-state index in [1.807, 2.05) is 0 Å². The molecule has 11 heavy (non-hydrogen) atoms. The maximum Gasteiger partial charge on any atom is 0.114 e. The van der Waals surface area contributed by atoms with Crippen molar-refractivity contribution in [2.75, 3.05) is 33.3 Å². The van der Waals surface area contributed by atoms with E-state index >= 15 is 0 Å². The van der Waals surface area contributed by atoms with Gasteiger partial charge in [-0.1, -0.05) is 0 Å². The van der Waals surface area contributed by atoms with Crippen LogP contribution in [0, 0.1) is 0 Å². The number of halogens is 1. The van der Waals surface area contributed by atoms with Crippen LogP contribution in [0.5, 0.6) is 0 Å². The lowest BCUT2D eigenvalue weighted by molar-refractivity contribution is 0.0435. The van der Waals surface area contributed by atoms with Crippen LogP contribution in [0.15, 0.2) is 0 Å². The molecular formula is C7H15FN2O. The zero-order chi connectivity index (χ0) is 8.10. The van der Waals surface area contributed by atoms with Gasteiger partial charge in [-0.3, -0.25) is 4.90 Å². The summed E-state index contributed by atoms with van der Waals surface area (Å²) in [6.07, 6.45) is 0.0594. The smallest absolute Gasteiger partial charge is 0.114 e. The number of likely N-dealkylation sites (tertiary alicyclic amines) is 1. The van der Waals surface area contributed by atoms with Gasteiger partial charge in [-0.05, 0) is 6.42 Å². The van der Waals surface area contributed by atoms with Gasteiger partial charge in [0.2, 0.25) is 0 Å². The highest BCUT2D eigenvalue weighted by Crippen LogP contribution is 2.10. The molecule has 0 spiro atoms. The first-order valence-corrected chi connectivity index (χ1v) is 3.98. The Bertz CT molecular complexity index is 113. The molecule has 1 atom stereocenters. The minimum absolute atomic E-state index is 0.576. The van der Waals surface area contributed by atoms with Crippen molar-refractivity contribution in [2.45, 2.75) is 12.6 Å². The van der Waals surface area contributed by atoms with Crippen LogP contribution < -0.4 is 5.48 Å². The summed E-state index contributed by atoms with van der Waals surface area (Å²) in [7, 11) is 1.72. The molecule has 0 aromatic rings. The van der Waals surface area contributed by atoms with Gasteiger partial charge in [0.1, 0.15) is 6.17 Å². The number of hydrogen-bond acceptors (Lipinski definition) is 3. The maximum atomic E-state index is 12.6. The first-order valence-electron chi connectivity index (χ1n) is 3.98. The Kier molecular flexibility index (Phi) is 3.76. The summed E-state index contributed by atoms with van der Waals surface area (Å²) in [6.45, 7) is 2.89. The zero-order valence-electron chi connectivity index (χ0n) is 6.85. The third-order valence-electron chi connectivity index (χ3n) is 1.87. The third kappa shape index (κ3) is 3.14. The van der Waals surface area contributed by atoms with Crippen LogP contribution in [0.3, 0.4) is 0 Å². The van der Waals surface area contributed by atoms with Crippen molar-refractivity contribution >= 4 is 0 Å². The fraction of sp³-hybridized carbons (Fsp3) is 1.00. The Balaban J connectivity index is 1.99. The molecule has 0 aliphatic carbocycles. The van der Waals surface area contributed by atoms with E-state index in [4.69, 9.17) is 4.84 Å². The highest BCUT2D eigenvalue weighted by molar-refractivity contribution is 4.73. The molecule has 0 aromatic carbocycles. The van der Waals surface area contributed by atoms with Gasteiger partial charge in [-0.15, -0.1) is 0 Å². The molecule has 1 N–H and O–H groups in total. The van der Waals surface area contributed by atoms with E-state index < -0.39 is 6.17 Å². The molecule has 0 radical (unpaired) electrons. The van der Waals surface area contributed by atoms with E-state index in [0.717, 1.165) is 13.1 Å². The van der Waals surface area contributed by atoms with Gasteiger partial charge in [-0.25, -0.2) is 9.87 Å². The molecule has 1 heterocycles. The second kappa shape index (κ2) is 4.64. The molecule has 0 amide bonds. The Morgan fingerprint density at radius 1 is 1.73 bits per heavy atom. The molecule has 1 saturated heterocycles. The zero-order valence-corrected chi connectivity index (χ0v) is 6.85. The number of alkyl halides is 1. The van der Waals surface area contributed by atoms with Gasteiger partial charge < -0.3 is 4.84 Å². The lowest BCUT2D eigenvalue weighted by Gasteiger charge is -2.13. The predicted molar refractivity (Wildman–Crippen MR) is 41.0 cm³/mol. The largest absolute Gasteiger partial charge is 0.301 e. The number of hydrogen-bond donors (Lipinski definition) is 1. The summed E-state index contributed by atoms with van der Waals surface area (Å²) in [6, 6.07) is 0. The van der Waals surface area contributed by atoms with Crippen LogP contribution in [-0.2, 0) is 4.84 Å². The molecular weight excluding hydrogens is 147 g/mol. The van der Waals surface area contributed by atoms with E-state index in [2.05, 4.69) is 10.4 Å². The molecule has 66 valence electrons. The summed E-state index contributed by atoms with van der Waals surface area (Å²) in [4.78, 5) is 6.99. The van der Waals surface area contributed by atoms with Crippen molar-refractivity contribution in [1.29, 1.82) is 0 Å². The Labute approximate surface area is 66.5 Å². The van der Waals surface area contributed by atoms with E-state index in [-0.39, 0.29) is 0 Å². The van der Waals surface area contributed by atoms with Gasteiger partial charge >= 0.3 is 0 Å². The number of hydroxylamine groups is 1. The minimum Gasteiger partial charge on any atom is -0.301 e. The molecule has 1 rings (SSSR count). The van der Waals surface area contributed by atoms with Crippen LogP contribution in [0.25, 0.3) is 0 Å². The van der Waals surface area contributed by atoms with Crippen molar-refractivity contribution in [2.24, 2.45) is 0 Å². The lowest BCUT2D eigenvalue weighted by Crippen LogP contribution is -2.27. The summed E-state index contributed by atoms with van der Waals surface area (Å²) in [5.41, 5.74) is 2.58. The Hall–Kier alpha value is -0.190. The number of rotatable bonds is 4. The molecule has 0 aromatic heterocycles. The van der Waals surface area contributed by atoms with Crippen molar-refractivity contribution in [1.82, 2.24) is 10.4 Å². The molecule has 0 saturated carbocycles. The van der Waals surface area contributed by atoms with Crippen molar-refractivity contribution in [3.8, 4) is 0 Å². The van der Waals surface area contributed by atoms with Gasteiger partial charge in [0.05, 0.1) is 6.61 Å². The summed E-state index contributed by atoms with van der Waals surface area (Å²) in [5.74, 6) is 0. The van der Waals surface area contributed by atoms with E-state index in [0.29, 0.717) is 19.6 Å². The normalized spacial score (nSPS) is 26.2. The SMILES string of the molecule is CNOCCN1CCC(F)C1. The molecule has 1 aliphatic rings. The maximum absolute atomic E-state index is 12.6. The highest BCUT2D eigenvalue weighted by Gasteiger charge is 2.20. The van der Waals surface area contributed by atoms with Crippen LogP contribution in [0.1, 0.15) is 6.42 Å². The molecule has 1 unspecified atom stereocenters. The van der Waals surface area contributed by atoms with E-state index in [1.165, 1.54) is 0 Å². The van der Waals surface area contributed by atoms with Gasteiger partial charge in [-0.2, -0.15) is 0 Å². The van der Waals surface area contributed by atoms with Crippen molar-refractivity contribution in [3.63, 3.8) is 0 Å². The summed E-state index contributed by atoms with van der Waals surface area (Å²) < 4.78 is 12.6. The summed E-state index contributed by atoms with van der Waals surface area (Å²) >= 11 is 0. The van der Waals surface area contributed by atoms with Gasteiger partial charge in [0.15, 0.2) is 0 Å². The fourth-order valence-electron chi connectivity index (χ4n) is 1.27. The number of nitrogens with one attached hydrogen (secondary N) is 1. The molecule has 1 fully saturated rings. The standard InChI is InChI=1S/C7H15FN2O/c1-9-11-5-4-10-3-2-7(8)6-10/h7,9H,2-6H2,1H3. The first kappa shape index (κ1) is 8.90. The third-order valence-corrected chi connectivity index (χ3v) is 1.87. The van der Waals surface area contributed by atoms with Crippen LogP contribution in [-0.4, -0.2) is 44.4 Å². The molecule has 3 nitrogen and oxygen atoms in total. The van der Waals surface area contributed by atoms with Crippen molar-refractivity contribution < 1.29 is 9.23 Å². The topological polar surface area (TPSA) is 24.5 Å². The second-order valence-electron chi connectivity index (χ2n) is 2.74. The fourth-order valence-corrected chi connectivity index (χ4v) is 1.27. The lowest BCUT2D eigenvalue weighted by atomic mass is 10.3. The molecule has 0 bridgehead atoms. The quantitative estimate of drug-likeness (QED) is 0.471. The highest BCUT2D eigenvalue weighted by atomic mass is 19.1. The van der Waals surface area contributed by atoms with Crippen molar-refractivity contribution in [3.05, 3.63) is 0 Å². The van der Waals surface area contributed by atoms with Crippen LogP contribution >= 0.6 is 0 Å².